The highest BCUT2D eigenvalue weighted by Gasteiger charge is 2.49. The molecule has 0 aliphatic carbocycles. The number of pyridine rings is 1. The van der Waals surface area contributed by atoms with Crippen LogP contribution >= 0.6 is 0 Å². The molecule has 382 valence electrons. The molecule has 0 radical (unpaired) electrons. The number of aliphatic hydroxyl groups is 3. The van der Waals surface area contributed by atoms with Crippen LogP contribution in [0.15, 0.2) is 54.9 Å². The fourth-order valence-corrected chi connectivity index (χ4v) is 10.8. The van der Waals surface area contributed by atoms with Crippen LogP contribution in [0.4, 0.5) is 0 Å². The van der Waals surface area contributed by atoms with Gasteiger partial charge in [0.2, 0.25) is 17.5 Å². The normalized spacial score (nSPS) is 23.6. The van der Waals surface area contributed by atoms with Crippen molar-refractivity contribution in [1.29, 1.82) is 0 Å². The number of aromatic nitrogens is 2. The number of carbonyl (C=O) groups excluding carboxylic acids is 5. The third-order valence-corrected chi connectivity index (χ3v) is 14.3. The number of aromatic hydroxyl groups is 1. The Morgan fingerprint density at radius 1 is 1.04 bits per heavy atom. The van der Waals surface area contributed by atoms with Gasteiger partial charge in [0.25, 0.3) is 11.8 Å². The maximum Gasteiger partial charge on any atom is 0.355 e. The lowest BCUT2D eigenvalue weighted by molar-refractivity contribution is -0.189. The number of phenolic OH excluding ortho intramolecular Hbond substituents is 1. The zero-order chi connectivity index (χ0) is 51.2. The summed E-state index contributed by atoms with van der Waals surface area (Å²) in [6, 6.07) is 10.4. The molecule has 6 N–H and O–H groups in total. The van der Waals surface area contributed by atoms with E-state index in [0.717, 1.165) is 48.8 Å². The average Bonchev–Trinajstić information content (AvgIpc) is 3.86. The van der Waals surface area contributed by atoms with Gasteiger partial charge in [0.05, 0.1) is 38.1 Å². The van der Waals surface area contributed by atoms with Gasteiger partial charge in [-0.25, -0.2) is 4.79 Å². The first-order valence-corrected chi connectivity index (χ1v) is 24.5. The Labute approximate surface area is 413 Å². The summed E-state index contributed by atoms with van der Waals surface area (Å²) >= 11 is 0. The molecular formula is C52H68N8O11. The number of β-amino-alcohol motifs (C(OH)–C–C–N with tert-alkyl or cyclic N) is 2. The van der Waals surface area contributed by atoms with Gasteiger partial charge in [-0.05, 0) is 83.8 Å². The van der Waals surface area contributed by atoms with Gasteiger partial charge >= 0.3 is 5.97 Å². The van der Waals surface area contributed by atoms with Crippen molar-refractivity contribution in [3.63, 3.8) is 0 Å². The Morgan fingerprint density at radius 3 is 2.51 bits per heavy atom. The number of aryl methyl sites for hydroxylation is 1. The highest BCUT2D eigenvalue weighted by Crippen LogP contribution is 2.42. The lowest BCUT2D eigenvalue weighted by atomic mass is 9.84. The number of rotatable bonds is 11. The standard InChI is InChI=1S/C52H68N8O11/c1-8-59-42-11-10-33-22-38(42)39(45(59)40-24-53-15-12-34(40)28-70-7)23-50(4,5)30-71-49(67)52(69)13-9-16-60(55-52)47(65)41(20-32-18-35(33)21-36(61)19-32)54-46(64)44(31(2)3)56(6)48(66)51(68)14-17-58(29-51)43(63)27-57-25-37(62)26-57/h10-12,15,18-19,21-22,24,31,37,41,44,55,61-62,68-69H,8-9,13-14,16-17,20,23,25-30H2,1-7H3,(H,54,64)/t41-,44-,51+,52-/m0/s1. The van der Waals surface area contributed by atoms with Crippen molar-refractivity contribution in [2.75, 3.05) is 60.0 Å². The number of aliphatic hydroxyl groups excluding tert-OH is 1. The number of likely N-dealkylation sites (tertiary alicyclic amines) is 2. The van der Waals surface area contributed by atoms with E-state index in [2.05, 4.69) is 33.3 Å². The van der Waals surface area contributed by atoms with Gasteiger partial charge < -0.3 is 49.6 Å². The van der Waals surface area contributed by atoms with Crippen LogP contribution in [0.3, 0.4) is 0 Å². The van der Waals surface area contributed by atoms with Crippen molar-refractivity contribution in [3.8, 4) is 28.1 Å². The fourth-order valence-electron chi connectivity index (χ4n) is 10.8. The smallest absolute Gasteiger partial charge is 0.355 e. The maximum absolute atomic E-state index is 14.8. The second kappa shape index (κ2) is 20.3. The zero-order valence-electron chi connectivity index (χ0n) is 41.7. The van der Waals surface area contributed by atoms with Gasteiger partial charge in [-0.2, -0.15) is 5.43 Å². The van der Waals surface area contributed by atoms with E-state index < -0.39 is 64.5 Å². The summed E-state index contributed by atoms with van der Waals surface area (Å²) in [7, 11) is 3.04. The number of methoxy groups -OCH3 is 1. The number of phenols is 1. The summed E-state index contributed by atoms with van der Waals surface area (Å²) in [4.78, 5) is 79.6. The number of hydrogen-bond donors (Lipinski definition) is 6. The Hall–Kier alpha value is -5.96. The first-order chi connectivity index (χ1) is 33.6. The summed E-state index contributed by atoms with van der Waals surface area (Å²) in [5, 5.41) is 49.5. The summed E-state index contributed by atoms with van der Waals surface area (Å²) in [6.07, 6.45) is 3.42. The molecule has 71 heavy (non-hydrogen) atoms. The third-order valence-electron chi connectivity index (χ3n) is 14.3. The van der Waals surface area contributed by atoms with Crippen molar-refractivity contribution >= 4 is 40.5 Å². The summed E-state index contributed by atoms with van der Waals surface area (Å²) in [5.74, 6) is -4.06. The second-order valence-electron chi connectivity index (χ2n) is 21.0. The molecule has 0 spiro atoms. The largest absolute Gasteiger partial charge is 0.508 e. The van der Waals surface area contributed by atoms with E-state index in [1.54, 1.807) is 38.1 Å². The Kier molecular flexibility index (Phi) is 14.7. The van der Waals surface area contributed by atoms with Gasteiger partial charge in [-0.15, -0.1) is 0 Å². The van der Waals surface area contributed by atoms with Gasteiger partial charge in [0.15, 0.2) is 5.60 Å². The maximum atomic E-state index is 14.8. The molecule has 2 aromatic heterocycles. The molecule has 3 fully saturated rings. The van der Waals surface area contributed by atoms with Crippen molar-refractivity contribution in [3.05, 3.63) is 71.5 Å². The fraction of sp³-hybridized carbons (Fsp3) is 0.538. The average molecular weight is 981 g/mol. The minimum absolute atomic E-state index is 0.0420. The molecular weight excluding hydrogens is 913 g/mol. The van der Waals surface area contributed by atoms with Crippen LogP contribution in [0.1, 0.15) is 70.6 Å². The molecule has 4 amide bonds. The Balaban J connectivity index is 1.16. The molecule has 6 bridgehead atoms. The molecule has 8 rings (SSSR count). The first kappa shape index (κ1) is 51.4. The first-order valence-electron chi connectivity index (χ1n) is 24.5. The molecule has 0 unspecified atom stereocenters. The lowest BCUT2D eigenvalue weighted by Gasteiger charge is -2.40. The number of ether oxygens (including phenoxy) is 2. The van der Waals surface area contributed by atoms with E-state index in [9.17, 15) is 44.4 Å². The number of nitrogens with zero attached hydrogens (tertiary/aromatic N) is 6. The molecule has 2 aromatic carbocycles. The minimum Gasteiger partial charge on any atom is -0.508 e. The van der Waals surface area contributed by atoms with E-state index >= 15 is 0 Å². The Bertz CT molecular complexity index is 2700. The molecule has 0 saturated carbocycles. The highest BCUT2D eigenvalue weighted by atomic mass is 16.6. The number of amides is 4. The van der Waals surface area contributed by atoms with Crippen LogP contribution in [0.25, 0.3) is 33.3 Å². The van der Waals surface area contributed by atoms with Crippen molar-refractivity contribution in [1.82, 2.24) is 40.0 Å². The van der Waals surface area contributed by atoms with E-state index in [-0.39, 0.29) is 70.1 Å². The molecule has 4 atom stereocenters. The molecule has 19 heteroatoms. The molecule has 19 nitrogen and oxygen atoms in total. The molecule has 6 heterocycles. The van der Waals surface area contributed by atoms with Gasteiger partial charge in [-0.3, -0.25) is 34.1 Å². The monoisotopic (exact) mass is 981 g/mol. The van der Waals surface area contributed by atoms with Gasteiger partial charge in [0, 0.05) is 100 Å². The molecule has 4 aliphatic heterocycles. The van der Waals surface area contributed by atoms with Crippen LogP contribution in [0.2, 0.25) is 0 Å². The predicted octanol–water partition coefficient (Wildman–Crippen LogP) is 2.33. The molecule has 3 saturated heterocycles. The number of esters is 1. The number of carbonyl (C=O) groups is 5. The van der Waals surface area contributed by atoms with Crippen LogP contribution in [-0.2, 0) is 59.4 Å². The number of cyclic esters (lactones) is 1. The van der Waals surface area contributed by atoms with Crippen molar-refractivity contribution in [2.45, 2.75) is 109 Å². The van der Waals surface area contributed by atoms with Crippen LogP contribution in [-0.4, -0.2) is 169 Å². The highest BCUT2D eigenvalue weighted by molar-refractivity contribution is 5.97. The third kappa shape index (κ3) is 10.5. The molecule has 4 aliphatic rings. The van der Waals surface area contributed by atoms with E-state index in [0.29, 0.717) is 43.8 Å². The van der Waals surface area contributed by atoms with Gasteiger partial charge in [0.1, 0.15) is 17.8 Å². The minimum atomic E-state index is -2.30. The SMILES string of the molecule is CCn1c(-c2cnccc2COC)c2c3cc(ccc31)-c1cc(O)cc(c1)C[C@H](NC(=O)[C@H](C(C)C)N(C)C(=O)[C@@]1(O)CCN(C(=O)CN3CC(O)C3)C1)C(=O)N1CCC[C@@](O)(N1)C(=O)OCC(C)(C)C2. The van der Waals surface area contributed by atoms with Crippen LogP contribution in [0.5, 0.6) is 5.75 Å². The van der Waals surface area contributed by atoms with Crippen molar-refractivity contribution in [2.24, 2.45) is 11.3 Å². The number of hydrogen-bond acceptors (Lipinski definition) is 14. The number of benzene rings is 2. The van der Waals surface area contributed by atoms with E-state index in [4.69, 9.17) is 9.47 Å². The van der Waals surface area contributed by atoms with Crippen molar-refractivity contribution < 1.29 is 53.9 Å². The summed E-state index contributed by atoms with van der Waals surface area (Å²) in [5.41, 5.74) is 4.32. The predicted molar refractivity (Wildman–Crippen MR) is 262 cm³/mol. The summed E-state index contributed by atoms with van der Waals surface area (Å²) < 4.78 is 13.8. The Morgan fingerprint density at radius 2 is 1.80 bits per heavy atom. The van der Waals surface area contributed by atoms with Crippen LogP contribution in [0, 0.1) is 11.3 Å². The number of hydrazine groups is 1. The number of nitrogens with one attached hydrogen (secondary N) is 2. The van der Waals surface area contributed by atoms with Gasteiger partial charge in [-0.1, -0.05) is 39.8 Å². The second-order valence-corrected chi connectivity index (χ2v) is 21.0. The van der Waals surface area contributed by atoms with E-state index in [1.165, 1.54) is 18.0 Å². The van der Waals surface area contributed by atoms with E-state index in [1.807, 2.05) is 44.3 Å². The zero-order valence-corrected chi connectivity index (χ0v) is 41.7. The topological polar surface area (TPSA) is 240 Å². The molecule has 4 aromatic rings. The lowest BCUT2D eigenvalue weighted by Crippen LogP contribution is -2.67. The number of likely N-dealkylation sites (N-methyl/N-ethyl adjacent to an activating group) is 1. The quantitative estimate of drug-likeness (QED) is 0.118. The van der Waals surface area contributed by atoms with Crippen LogP contribution < -0.4 is 10.7 Å². The summed E-state index contributed by atoms with van der Waals surface area (Å²) in [6.45, 7) is 11.0. The number of fused-ring (bicyclic) bond motifs is 6.